The molecule has 3 fully saturated rings. The maximum absolute atomic E-state index is 10.5. The maximum Gasteiger partial charge on any atom is 0.0900 e. The van der Waals surface area contributed by atoms with E-state index in [-0.39, 0.29) is 6.10 Å². The summed E-state index contributed by atoms with van der Waals surface area (Å²) in [6.45, 7) is 15.4. The van der Waals surface area contributed by atoms with Crippen LogP contribution in [0.3, 0.4) is 0 Å². The van der Waals surface area contributed by atoms with Gasteiger partial charge >= 0.3 is 0 Å². The van der Waals surface area contributed by atoms with Crippen molar-refractivity contribution in [1.82, 2.24) is 4.90 Å². The zero-order chi connectivity index (χ0) is 16.8. The lowest BCUT2D eigenvalue weighted by molar-refractivity contribution is -0.0813. The quantitative estimate of drug-likeness (QED) is 0.840. The first-order valence-corrected chi connectivity index (χ1v) is 9.74. The lowest BCUT2D eigenvalue weighted by Gasteiger charge is -2.39. The Morgan fingerprint density at radius 3 is 2.30 bits per heavy atom. The second-order valence-electron chi connectivity index (χ2n) is 9.75. The van der Waals surface area contributed by atoms with Crippen LogP contribution in [0.5, 0.6) is 0 Å². The van der Waals surface area contributed by atoms with Crippen molar-refractivity contribution in [3.05, 3.63) is 0 Å². The molecule has 0 aromatic heterocycles. The number of aliphatic hydroxyl groups is 1. The highest BCUT2D eigenvalue weighted by molar-refractivity contribution is 5.11. The fourth-order valence-corrected chi connectivity index (χ4v) is 5.90. The van der Waals surface area contributed by atoms with E-state index in [0.717, 1.165) is 37.4 Å². The van der Waals surface area contributed by atoms with E-state index in [1.165, 1.54) is 25.7 Å². The van der Waals surface area contributed by atoms with Gasteiger partial charge in [0.15, 0.2) is 0 Å². The van der Waals surface area contributed by atoms with E-state index in [2.05, 4.69) is 39.5 Å². The highest BCUT2D eigenvalue weighted by atomic mass is 16.5. The smallest absolute Gasteiger partial charge is 0.0900 e. The van der Waals surface area contributed by atoms with Crippen LogP contribution in [0.15, 0.2) is 0 Å². The summed E-state index contributed by atoms with van der Waals surface area (Å²) in [5.74, 6) is 2.30. The van der Waals surface area contributed by atoms with Gasteiger partial charge in [0.05, 0.1) is 18.8 Å². The molecule has 0 aromatic carbocycles. The molecule has 3 aliphatic rings. The molecule has 0 aromatic rings. The summed E-state index contributed by atoms with van der Waals surface area (Å²) >= 11 is 0. The van der Waals surface area contributed by atoms with Crippen LogP contribution in [0.1, 0.15) is 60.3 Å². The predicted octanol–water partition coefficient (Wildman–Crippen LogP) is 3.56. The molecule has 2 saturated carbocycles. The van der Waals surface area contributed by atoms with Crippen LogP contribution in [0.25, 0.3) is 0 Å². The summed E-state index contributed by atoms with van der Waals surface area (Å²) in [4.78, 5) is 2.43. The Hall–Kier alpha value is -0.120. The molecular weight excluding hydrogens is 286 g/mol. The van der Waals surface area contributed by atoms with Crippen molar-refractivity contribution >= 4 is 0 Å². The summed E-state index contributed by atoms with van der Waals surface area (Å²) in [6, 6.07) is 0. The van der Waals surface area contributed by atoms with Crippen molar-refractivity contribution < 1.29 is 9.84 Å². The van der Waals surface area contributed by atoms with Crippen LogP contribution in [0, 0.1) is 28.6 Å². The van der Waals surface area contributed by atoms with E-state index in [0.29, 0.717) is 23.5 Å². The van der Waals surface area contributed by atoms with Crippen molar-refractivity contribution in [3.8, 4) is 0 Å². The Balaban J connectivity index is 1.48. The highest BCUT2D eigenvalue weighted by Crippen LogP contribution is 2.66. The second kappa shape index (κ2) is 6.31. The van der Waals surface area contributed by atoms with E-state index in [1.54, 1.807) is 0 Å². The molecule has 0 radical (unpaired) electrons. The maximum atomic E-state index is 10.5. The lowest BCUT2D eigenvalue weighted by Crippen LogP contribution is -2.44. The standard InChI is InChI=1S/C20H37NO2/c1-14-8-15(2)11-21(10-14)12-17(22)13-23-18-9-16-6-7-20(18,5)19(16,3)4/h14-18,22H,6-13H2,1-5H3/t14-,15+,16-,17+,18-,20-/m1/s1. The van der Waals surface area contributed by atoms with Crippen LogP contribution in [0.2, 0.25) is 0 Å². The van der Waals surface area contributed by atoms with Crippen LogP contribution in [0.4, 0.5) is 0 Å². The van der Waals surface area contributed by atoms with E-state index >= 15 is 0 Å². The molecule has 1 N–H and O–H groups in total. The number of hydrogen-bond acceptors (Lipinski definition) is 3. The largest absolute Gasteiger partial charge is 0.389 e. The number of hydrogen-bond donors (Lipinski definition) is 1. The van der Waals surface area contributed by atoms with E-state index in [9.17, 15) is 5.11 Å². The SMILES string of the molecule is C[C@@H]1C[C@H](C)CN(C[C@H](O)CO[C@@H]2C[C@H]3CC[C@@]2(C)C3(C)C)C1. The average Bonchev–Trinajstić information content (AvgIpc) is 2.76. The Kier molecular flexibility index (Phi) is 4.85. The van der Waals surface area contributed by atoms with Gasteiger partial charge in [-0.15, -0.1) is 0 Å². The zero-order valence-electron chi connectivity index (χ0n) is 15.8. The molecule has 3 rings (SSSR count). The molecule has 2 bridgehead atoms. The van der Waals surface area contributed by atoms with Crippen molar-refractivity contribution in [2.45, 2.75) is 72.5 Å². The van der Waals surface area contributed by atoms with Gasteiger partial charge in [-0.25, -0.2) is 0 Å². The first kappa shape index (κ1) is 17.7. The third-order valence-corrected chi connectivity index (χ3v) is 7.62. The average molecular weight is 324 g/mol. The first-order valence-electron chi connectivity index (χ1n) is 9.74. The molecule has 1 saturated heterocycles. The van der Waals surface area contributed by atoms with Crippen molar-refractivity contribution in [1.29, 1.82) is 0 Å². The van der Waals surface area contributed by atoms with Crippen LogP contribution < -0.4 is 0 Å². The third-order valence-electron chi connectivity index (χ3n) is 7.62. The normalized spacial score (nSPS) is 44.6. The summed E-state index contributed by atoms with van der Waals surface area (Å²) in [5.41, 5.74) is 0.686. The summed E-state index contributed by atoms with van der Waals surface area (Å²) in [5, 5.41) is 10.5. The van der Waals surface area contributed by atoms with E-state index in [4.69, 9.17) is 4.74 Å². The number of fused-ring (bicyclic) bond motifs is 2. The summed E-state index contributed by atoms with van der Waals surface area (Å²) < 4.78 is 6.26. The van der Waals surface area contributed by atoms with Gasteiger partial charge < -0.3 is 14.7 Å². The third kappa shape index (κ3) is 3.21. The Morgan fingerprint density at radius 2 is 1.78 bits per heavy atom. The molecule has 1 heterocycles. The van der Waals surface area contributed by atoms with Gasteiger partial charge in [0.1, 0.15) is 0 Å². The molecule has 1 aliphatic heterocycles. The fraction of sp³-hybridized carbons (Fsp3) is 1.00. The number of nitrogens with zero attached hydrogens (tertiary/aromatic N) is 1. The van der Waals surface area contributed by atoms with Gasteiger partial charge in [-0.05, 0) is 54.3 Å². The van der Waals surface area contributed by atoms with Gasteiger partial charge in [-0.2, -0.15) is 0 Å². The molecule has 3 nitrogen and oxygen atoms in total. The molecule has 0 spiro atoms. The van der Waals surface area contributed by atoms with Crippen molar-refractivity contribution in [3.63, 3.8) is 0 Å². The minimum absolute atomic E-state index is 0.297. The van der Waals surface area contributed by atoms with Crippen LogP contribution in [-0.2, 0) is 4.74 Å². The topological polar surface area (TPSA) is 32.7 Å². The van der Waals surface area contributed by atoms with Gasteiger partial charge in [-0.3, -0.25) is 0 Å². The number of β-amino-alcohol motifs (C(OH)–C–C–N with tert-alkyl or cyclic N) is 1. The predicted molar refractivity (Wildman–Crippen MR) is 94.4 cm³/mol. The first-order chi connectivity index (χ1) is 10.7. The van der Waals surface area contributed by atoms with Gasteiger partial charge in [0.25, 0.3) is 0 Å². The molecule has 134 valence electrons. The number of rotatable bonds is 5. The monoisotopic (exact) mass is 323 g/mol. The van der Waals surface area contributed by atoms with Gasteiger partial charge in [0, 0.05) is 19.6 Å². The van der Waals surface area contributed by atoms with Crippen molar-refractivity contribution in [2.24, 2.45) is 28.6 Å². The molecule has 0 unspecified atom stereocenters. The van der Waals surface area contributed by atoms with Crippen LogP contribution >= 0.6 is 0 Å². The number of ether oxygens (including phenoxy) is 1. The summed E-state index contributed by atoms with van der Waals surface area (Å²) in [7, 11) is 0. The molecule has 2 aliphatic carbocycles. The van der Waals surface area contributed by atoms with Gasteiger partial charge in [-0.1, -0.05) is 34.6 Å². The molecule has 0 amide bonds. The Morgan fingerprint density at radius 1 is 1.13 bits per heavy atom. The fourth-order valence-electron chi connectivity index (χ4n) is 5.90. The zero-order valence-corrected chi connectivity index (χ0v) is 15.8. The molecule has 23 heavy (non-hydrogen) atoms. The molecule has 6 atom stereocenters. The number of piperidine rings is 1. The Bertz CT molecular complexity index is 414. The minimum Gasteiger partial charge on any atom is -0.389 e. The Labute approximate surface area is 142 Å². The highest BCUT2D eigenvalue weighted by Gasteiger charge is 2.61. The van der Waals surface area contributed by atoms with E-state index < -0.39 is 0 Å². The number of aliphatic hydroxyl groups excluding tert-OH is 1. The van der Waals surface area contributed by atoms with Crippen molar-refractivity contribution in [2.75, 3.05) is 26.2 Å². The van der Waals surface area contributed by atoms with Crippen LogP contribution in [-0.4, -0.2) is 48.5 Å². The van der Waals surface area contributed by atoms with Gasteiger partial charge in [0.2, 0.25) is 0 Å². The molecule has 3 heteroatoms. The minimum atomic E-state index is -0.349. The van der Waals surface area contributed by atoms with E-state index in [1.807, 2.05) is 0 Å². The summed E-state index contributed by atoms with van der Waals surface area (Å²) in [6.07, 6.45) is 5.14. The number of likely N-dealkylation sites (tertiary alicyclic amines) is 1. The second-order valence-corrected chi connectivity index (χ2v) is 9.75. The lowest BCUT2D eigenvalue weighted by atomic mass is 9.70. The molecular formula is C20H37NO2.